The number of carbonyl (C=O) groups is 1. The van der Waals surface area contributed by atoms with Crippen LogP contribution in [0.1, 0.15) is 105 Å². The Kier molecular flexibility index (Phi) is 6.25. The lowest BCUT2D eigenvalue weighted by atomic mass is 9.68. The van der Waals surface area contributed by atoms with Crippen LogP contribution >= 0.6 is 0 Å². The third-order valence-corrected chi connectivity index (χ3v) is 9.38. The summed E-state index contributed by atoms with van der Waals surface area (Å²) >= 11 is 0. The van der Waals surface area contributed by atoms with Crippen molar-refractivity contribution < 1.29 is 9.53 Å². The fraction of sp³-hybridized carbons (Fsp3) is 0.548. The van der Waals surface area contributed by atoms with Crippen molar-refractivity contribution in [2.24, 2.45) is 0 Å². The van der Waals surface area contributed by atoms with Crippen LogP contribution in [0.15, 0.2) is 48.7 Å². The molecule has 1 aromatic carbocycles. The number of rotatable bonds is 7. The summed E-state index contributed by atoms with van der Waals surface area (Å²) in [5.74, 6) is 0.159. The van der Waals surface area contributed by atoms with Crippen molar-refractivity contribution in [1.29, 1.82) is 0 Å². The highest BCUT2D eigenvalue weighted by Crippen LogP contribution is 2.50. The smallest absolute Gasteiger partial charge is 0.259 e. The zero-order valence-electron chi connectivity index (χ0n) is 21.8. The van der Waals surface area contributed by atoms with E-state index in [4.69, 9.17) is 9.72 Å². The number of nitrogens with one attached hydrogen (secondary N) is 1. The Morgan fingerprint density at radius 2 is 2.03 bits per heavy atom. The largest absolute Gasteiger partial charge is 0.375 e. The monoisotopic (exact) mass is 485 g/mol. The quantitative estimate of drug-likeness (QED) is 0.510. The van der Waals surface area contributed by atoms with Crippen molar-refractivity contribution >= 4 is 11.6 Å². The van der Waals surface area contributed by atoms with E-state index in [0.717, 1.165) is 62.1 Å². The number of benzene rings is 1. The van der Waals surface area contributed by atoms with Crippen LogP contribution in [0.3, 0.4) is 0 Å². The standard InChI is InChI=1S/C31H39N3O2/c1-3-22(2)34-26-13-12-25(23-9-8-10-24(28(23)26)29(34)35)32-19-16-30(27-11-4-7-18-33-27)17-20-36-31(21-30)14-5-6-15-31/h4,7-11,13,18,22,25,32H,3,5-6,12,14-17,19-21H2,1-2H3/t22?,25?,30-/m1/s1. The van der Waals surface area contributed by atoms with E-state index in [1.807, 2.05) is 23.2 Å². The maximum atomic E-state index is 13.2. The Bertz CT molecular complexity index is 1150. The highest BCUT2D eigenvalue weighted by atomic mass is 16.5. The van der Waals surface area contributed by atoms with Crippen LogP contribution in [0.2, 0.25) is 0 Å². The van der Waals surface area contributed by atoms with Crippen LogP contribution in [-0.4, -0.2) is 40.6 Å². The van der Waals surface area contributed by atoms with Gasteiger partial charge in [-0.3, -0.25) is 9.78 Å². The zero-order valence-corrected chi connectivity index (χ0v) is 21.8. The maximum absolute atomic E-state index is 13.2. The lowest BCUT2D eigenvalue weighted by molar-refractivity contribution is -0.104. The summed E-state index contributed by atoms with van der Waals surface area (Å²) in [6.07, 6.45) is 14.2. The van der Waals surface area contributed by atoms with Gasteiger partial charge in [0.1, 0.15) is 0 Å². The van der Waals surface area contributed by atoms with Crippen LogP contribution < -0.4 is 5.32 Å². The second kappa shape index (κ2) is 9.42. The van der Waals surface area contributed by atoms with E-state index in [0.29, 0.717) is 0 Å². The number of hydrogen-bond acceptors (Lipinski definition) is 4. The van der Waals surface area contributed by atoms with Gasteiger partial charge < -0.3 is 15.0 Å². The molecule has 3 atom stereocenters. The molecule has 4 aliphatic rings. The minimum atomic E-state index is 0.0400. The number of nitrogens with zero attached hydrogens (tertiary/aromatic N) is 2. The molecule has 0 radical (unpaired) electrons. The van der Waals surface area contributed by atoms with Gasteiger partial charge in [0, 0.05) is 52.8 Å². The predicted molar refractivity (Wildman–Crippen MR) is 143 cm³/mol. The summed E-state index contributed by atoms with van der Waals surface area (Å²) in [5.41, 5.74) is 5.73. The van der Waals surface area contributed by atoms with E-state index >= 15 is 0 Å². The molecule has 5 heteroatoms. The van der Waals surface area contributed by atoms with Gasteiger partial charge >= 0.3 is 0 Å². The van der Waals surface area contributed by atoms with Gasteiger partial charge in [-0.05, 0) is 82.2 Å². The topological polar surface area (TPSA) is 54.5 Å². The van der Waals surface area contributed by atoms with Gasteiger partial charge in [0.05, 0.1) is 5.60 Å². The molecule has 3 heterocycles. The molecule has 2 aromatic rings. The maximum Gasteiger partial charge on any atom is 0.259 e. The second-order valence-corrected chi connectivity index (χ2v) is 11.4. The van der Waals surface area contributed by atoms with Crippen LogP contribution in [0, 0.1) is 0 Å². The molecule has 2 aliphatic carbocycles. The number of pyridine rings is 1. The first-order valence-corrected chi connectivity index (χ1v) is 14.0. The van der Waals surface area contributed by atoms with Gasteiger partial charge in [0.2, 0.25) is 0 Å². The van der Waals surface area contributed by atoms with E-state index in [1.54, 1.807) is 0 Å². The number of ether oxygens (including phenoxy) is 1. The molecule has 0 bridgehead atoms. The van der Waals surface area contributed by atoms with E-state index in [-0.39, 0.29) is 29.0 Å². The molecule has 6 rings (SSSR count). The van der Waals surface area contributed by atoms with Gasteiger partial charge in [0.15, 0.2) is 0 Å². The van der Waals surface area contributed by atoms with Crippen molar-refractivity contribution in [1.82, 2.24) is 15.2 Å². The highest BCUT2D eigenvalue weighted by Gasteiger charge is 2.48. The van der Waals surface area contributed by atoms with Gasteiger partial charge in [-0.15, -0.1) is 0 Å². The first-order chi connectivity index (χ1) is 17.6. The Morgan fingerprint density at radius 3 is 2.81 bits per heavy atom. The molecule has 1 saturated heterocycles. The number of aromatic nitrogens is 1. The third kappa shape index (κ3) is 3.92. The SMILES string of the molecule is CCC(C)N1C(=O)c2cccc3c2C1=CCC3NCC[C@@]1(c2ccccn2)CCOC2(CCCC2)C1. The molecule has 2 unspecified atom stereocenters. The first-order valence-electron chi connectivity index (χ1n) is 14.0. The fourth-order valence-electron chi connectivity index (χ4n) is 7.34. The van der Waals surface area contributed by atoms with Gasteiger partial charge in [-0.2, -0.15) is 0 Å². The minimum Gasteiger partial charge on any atom is -0.375 e. The van der Waals surface area contributed by atoms with Crippen LogP contribution in [0.5, 0.6) is 0 Å². The Balaban J connectivity index is 1.23. The molecule has 1 saturated carbocycles. The Labute approximate surface area is 215 Å². The number of carbonyl (C=O) groups excluding carboxylic acids is 1. The molecule has 1 amide bonds. The lowest BCUT2D eigenvalue weighted by Crippen LogP contribution is -2.47. The fourth-order valence-corrected chi connectivity index (χ4v) is 7.34. The van der Waals surface area contributed by atoms with Gasteiger partial charge in [-0.1, -0.05) is 44.0 Å². The second-order valence-electron chi connectivity index (χ2n) is 11.4. The first kappa shape index (κ1) is 23.9. The summed E-state index contributed by atoms with van der Waals surface area (Å²) in [4.78, 5) is 20.1. The summed E-state index contributed by atoms with van der Waals surface area (Å²) in [7, 11) is 0. The van der Waals surface area contributed by atoms with E-state index in [9.17, 15) is 4.79 Å². The average molecular weight is 486 g/mol. The van der Waals surface area contributed by atoms with Crippen LogP contribution in [0.25, 0.3) is 5.70 Å². The highest BCUT2D eigenvalue weighted by molar-refractivity contribution is 6.10. The third-order valence-electron chi connectivity index (χ3n) is 9.38. The molecule has 190 valence electrons. The Hall–Kier alpha value is -2.50. The number of amides is 1. The van der Waals surface area contributed by atoms with E-state index in [1.165, 1.54) is 36.9 Å². The normalized spacial score (nSPS) is 27.3. The van der Waals surface area contributed by atoms with E-state index < -0.39 is 0 Å². The van der Waals surface area contributed by atoms with Crippen molar-refractivity contribution in [2.45, 2.75) is 94.7 Å². The molecule has 36 heavy (non-hydrogen) atoms. The van der Waals surface area contributed by atoms with Crippen LogP contribution in [0.4, 0.5) is 0 Å². The van der Waals surface area contributed by atoms with Crippen LogP contribution in [-0.2, 0) is 10.2 Å². The van der Waals surface area contributed by atoms with E-state index in [2.05, 4.69) is 49.5 Å². The zero-order chi connectivity index (χ0) is 24.8. The van der Waals surface area contributed by atoms with Gasteiger partial charge in [-0.25, -0.2) is 0 Å². The molecule has 1 N–H and O–H groups in total. The summed E-state index contributed by atoms with van der Waals surface area (Å²) < 4.78 is 6.43. The van der Waals surface area contributed by atoms with Crippen molar-refractivity contribution in [3.05, 3.63) is 71.1 Å². The summed E-state index contributed by atoms with van der Waals surface area (Å²) in [6.45, 7) is 6.05. The minimum absolute atomic E-state index is 0.0400. The lowest BCUT2D eigenvalue weighted by Gasteiger charge is -2.46. The Morgan fingerprint density at radius 1 is 1.17 bits per heavy atom. The molecule has 2 aliphatic heterocycles. The van der Waals surface area contributed by atoms with Crippen molar-refractivity contribution in [3.8, 4) is 0 Å². The number of hydrogen-bond donors (Lipinski definition) is 1. The predicted octanol–water partition coefficient (Wildman–Crippen LogP) is 6.16. The molecular weight excluding hydrogens is 446 g/mol. The molecular formula is C31H39N3O2. The van der Waals surface area contributed by atoms with Gasteiger partial charge in [0.25, 0.3) is 5.91 Å². The summed E-state index contributed by atoms with van der Waals surface area (Å²) in [5, 5.41) is 3.90. The van der Waals surface area contributed by atoms with Crippen molar-refractivity contribution in [3.63, 3.8) is 0 Å². The average Bonchev–Trinajstić information content (AvgIpc) is 3.48. The molecule has 1 aromatic heterocycles. The molecule has 5 nitrogen and oxygen atoms in total. The summed E-state index contributed by atoms with van der Waals surface area (Å²) in [6, 6.07) is 13.1. The molecule has 2 fully saturated rings. The van der Waals surface area contributed by atoms with Crippen molar-refractivity contribution in [2.75, 3.05) is 13.2 Å². The molecule has 1 spiro atoms.